The highest BCUT2D eigenvalue weighted by Crippen LogP contribution is 2.25. The molecule has 2 rings (SSSR count). The molecule has 1 atom stereocenters. The number of hydrogen-bond acceptors (Lipinski definition) is 3. The number of ether oxygens (including phenoxy) is 1. The van der Waals surface area contributed by atoms with Crippen LogP contribution in [0.15, 0.2) is 30.3 Å². The van der Waals surface area contributed by atoms with Crippen molar-refractivity contribution in [2.45, 2.75) is 60.5 Å². The van der Waals surface area contributed by atoms with Crippen LogP contribution in [0.3, 0.4) is 0 Å². The monoisotopic (exact) mass is 492 g/mol. The minimum absolute atomic E-state index is 0.168. The number of benzene rings is 2. The molecule has 5 nitrogen and oxygen atoms in total. The van der Waals surface area contributed by atoms with Crippen LogP contribution in [0.4, 0.5) is 0 Å². The van der Waals surface area contributed by atoms with Crippen LogP contribution in [0, 0.1) is 26.7 Å². The molecule has 0 bridgehead atoms. The second-order valence-corrected chi connectivity index (χ2v) is 9.64. The fourth-order valence-electron chi connectivity index (χ4n) is 3.55. The van der Waals surface area contributed by atoms with Gasteiger partial charge in [-0.15, -0.1) is 0 Å². The molecule has 33 heavy (non-hydrogen) atoms. The summed E-state index contributed by atoms with van der Waals surface area (Å²) >= 11 is 12.2. The van der Waals surface area contributed by atoms with Crippen molar-refractivity contribution in [3.05, 3.63) is 62.6 Å². The summed E-state index contributed by atoms with van der Waals surface area (Å²) in [5.74, 6) is 0.530. The Morgan fingerprint density at radius 3 is 2.36 bits per heavy atom. The van der Waals surface area contributed by atoms with E-state index >= 15 is 0 Å². The Morgan fingerprint density at radius 2 is 1.76 bits per heavy atom. The summed E-state index contributed by atoms with van der Waals surface area (Å²) in [5.41, 5.74) is 3.94. The fourth-order valence-corrected chi connectivity index (χ4v) is 3.87. The van der Waals surface area contributed by atoms with Crippen molar-refractivity contribution >= 4 is 35.0 Å². The van der Waals surface area contributed by atoms with Crippen molar-refractivity contribution < 1.29 is 14.3 Å². The van der Waals surface area contributed by atoms with Crippen LogP contribution in [0.1, 0.15) is 49.4 Å². The molecule has 0 aromatic heterocycles. The van der Waals surface area contributed by atoms with E-state index in [1.165, 1.54) is 0 Å². The number of nitrogens with one attached hydrogen (secondary N) is 1. The van der Waals surface area contributed by atoms with Gasteiger partial charge in [0.25, 0.3) is 5.91 Å². The molecule has 180 valence electrons. The lowest BCUT2D eigenvalue weighted by Crippen LogP contribution is -2.50. The Bertz CT molecular complexity index is 992. The zero-order valence-corrected chi connectivity index (χ0v) is 21.8. The summed E-state index contributed by atoms with van der Waals surface area (Å²) in [7, 11) is 0. The van der Waals surface area contributed by atoms with Gasteiger partial charge >= 0.3 is 0 Å². The largest absolute Gasteiger partial charge is 0.483 e. The molecule has 0 fully saturated rings. The first kappa shape index (κ1) is 27.0. The van der Waals surface area contributed by atoms with Crippen molar-refractivity contribution in [3.63, 3.8) is 0 Å². The molecule has 0 aliphatic rings. The number of amides is 2. The molecule has 0 aliphatic carbocycles. The maximum absolute atomic E-state index is 13.4. The van der Waals surface area contributed by atoms with E-state index in [0.717, 1.165) is 22.3 Å². The highest BCUT2D eigenvalue weighted by molar-refractivity contribution is 6.42. The number of nitrogens with zero attached hydrogens (tertiary/aromatic N) is 1. The quantitative estimate of drug-likeness (QED) is 0.450. The van der Waals surface area contributed by atoms with Gasteiger partial charge in [0.05, 0.1) is 10.0 Å². The second kappa shape index (κ2) is 12.3. The maximum atomic E-state index is 13.4. The summed E-state index contributed by atoms with van der Waals surface area (Å²) in [6.45, 7) is 12.5. The number of rotatable bonds is 10. The number of carbonyl (C=O) groups is 2. The lowest BCUT2D eigenvalue weighted by molar-refractivity contribution is -0.143. The second-order valence-electron chi connectivity index (χ2n) is 8.83. The first-order valence-corrected chi connectivity index (χ1v) is 12.0. The third-order valence-corrected chi connectivity index (χ3v) is 6.26. The first-order chi connectivity index (χ1) is 15.5. The van der Waals surface area contributed by atoms with E-state index in [-0.39, 0.29) is 25.0 Å². The zero-order valence-electron chi connectivity index (χ0n) is 20.3. The predicted molar refractivity (Wildman–Crippen MR) is 135 cm³/mol. The number of hydrogen-bond donors (Lipinski definition) is 1. The minimum Gasteiger partial charge on any atom is -0.483 e. The fraction of sp³-hybridized carbons (Fsp3) is 0.462. The van der Waals surface area contributed by atoms with Gasteiger partial charge in [-0.2, -0.15) is 0 Å². The number of aryl methyl sites for hydroxylation is 2. The number of halogens is 2. The molecule has 0 saturated heterocycles. The average molecular weight is 493 g/mol. The third-order valence-electron chi connectivity index (χ3n) is 5.52. The van der Waals surface area contributed by atoms with Crippen LogP contribution in [0.5, 0.6) is 5.75 Å². The molecule has 0 saturated carbocycles. The van der Waals surface area contributed by atoms with Gasteiger partial charge in [-0.1, -0.05) is 56.1 Å². The lowest BCUT2D eigenvalue weighted by atomic mass is 10.1. The van der Waals surface area contributed by atoms with E-state index in [1.54, 1.807) is 17.0 Å². The predicted octanol–water partition coefficient (Wildman–Crippen LogP) is 5.88. The molecule has 0 spiro atoms. The molecule has 0 aliphatic heterocycles. The molecular formula is C26H34Cl2N2O3. The molecule has 7 heteroatoms. The van der Waals surface area contributed by atoms with Crippen molar-refractivity contribution in [2.75, 3.05) is 13.2 Å². The average Bonchev–Trinajstić information content (AvgIpc) is 2.75. The van der Waals surface area contributed by atoms with Crippen molar-refractivity contribution in [1.82, 2.24) is 10.2 Å². The minimum atomic E-state index is -0.630. The Balaban J connectivity index is 2.28. The molecule has 0 unspecified atom stereocenters. The van der Waals surface area contributed by atoms with Crippen molar-refractivity contribution in [1.29, 1.82) is 0 Å². The molecule has 2 amide bonds. The van der Waals surface area contributed by atoms with Crippen LogP contribution < -0.4 is 10.1 Å². The van der Waals surface area contributed by atoms with E-state index in [4.69, 9.17) is 27.9 Å². The first-order valence-electron chi connectivity index (χ1n) is 11.2. The van der Waals surface area contributed by atoms with E-state index in [9.17, 15) is 9.59 Å². The number of carbonyl (C=O) groups excluding carboxylic acids is 2. The molecule has 0 heterocycles. The van der Waals surface area contributed by atoms with Crippen LogP contribution >= 0.6 is 23.2 Å². The molecule has 0 radical (unpaired) electrons. The van der Waals surface area contributed by atoms with Gasteiger partial charge in [0.2, 0.25) is 5.91 Å². The Labute approximate surface area is 207 Å². The van der Waals surface area contributed by atoms with Crippen LogP contribution in [0.2, 0.25) is 10.0 Å². The maximum Gasteiger partial charge on any atom is 0.261 e. The van der Waals surface area contributed by atoms with Gasteiger partial charge in [-0.05, 0) is 73.6 Å². The standard InChI is InChI=1S/C26H34Cl2N2O3/c1-7-23(26(32)29-13-16(2)3)30(14-20-8-9-21(27)22(28)12-20)25(31)15-33-24-11-17(4)10-18(5)19(24)6/h8-12,16,23H,7,13-15H2,1-6H3,(H,29,32)/t23-/m1/s1. The summed E-state index contributed by atoms with van der Waals surface area (Å²) in [6, 6.07) is 8.59. The molecular weight excluding hydrogens is 459 g/mol. The normalized spacial score (nSPS) is 11.9. The smallest absolute Gasteiger partial charge is 0.261 e. The molecule has 2 aromatic carbocycles. The van der Waals surface area contributed by atoms with E-state index in [0.29, 0.717) is 34.7 Å². The van der Waals surface area contributed by atoms with Crippen molar-refractivity contribution in [3.8, 4) is 5.75 Å². The van der Waals surface area contributed by atoms with Crippen LogP contribution in [-0.2, 0) is 16.1 Å². The highest BCUT2D eigenvalue weighted by atomic mass is 35.5. The Morgan fingerprint density at radius 1 is 1.06 bits per heavy atom. The highest BCUT2D eigenvalue weighted by Gasteiger charge is 2.29. The molecule has 2 aromatic rings. The van der Waals surface area contributed by atoms with E-state index in [2.05, 4.69) is 11.4 Å². The Hall–Kier alpha value is -2.24. The Kier molecular flexibility index (Phi) is 10.1. The van der Waals surface area contributed by atoms with E-state index in [1.807, 2.05) is 53.7 Å². The van der Waals surface area contributed by atoms with Crippen molar-refractivity contribution in [2.24, 2.45) is 5.92 Å². The van der Waals surface area contributed by atoms with E-state index < -0.39 is 6.04 Å². The van der Waals surface area contributed by atoms with Gasteiger partial charge in [0.15, 0.2) is 6.61 Å². The van der Waals surface area contributed by atoms with Gasteiger partial charge in [0.1, 0.15) is 11.8 Å². The van der Waals surface area contributed by atoms with Gasteiger partial charge in [-0.25, -0.2) is 0 Å². The van der Waals surface area contributed by atoms with Gasteiger partial charge in [0, 0.05) is 13.1 Å². The van der Waals surface area contributed by atoms with Crippen LogP contribution in [-0.4, -0.2) is 35.9 Å². The zero-order chi connectivity index (χ0) is 24.7. The summed E-state index contributed by atoms with van der Waals surface area (Å²) in [6.07, 6.45) is 0.472. The van der Waals surface area contributed by atoms with Gasteiger partial charge < -0.3 is 15.0 Å². The van der Waals surface area contributed by atoms with Gasteiger partial charge in [-0.3, -0.25) is 9.59 Å². The summed E-state index contributed by atoms with van der Waals surface area (Å²) < 4.78 is 5.92. The summed E-state index contributed by atoms with van der Waals surface area (Å²) in [5, 5.41) is 3.79. The molecule has 1 N–H and O–H groups in total. The third kappa shape index (κ3) is 7.65. The lowest BCUT2D eigenvalue weighted by Gasteiger charge is -2.31. The SMILES string of the molecule is CC[C@H](C(=O)NCC(C)C)N(Cc1ccc(Cl)c(Cl)c1)C(=O)COc1cc(C)cc(C)c1C. The summed E-state index contributed by atoms with van der Waals surface area (Å²) in [4.78, 5) is 27.9. The topological polar surface area (TPSA) is 58.6 Å². The van der Waals surface area contributed by atoms with Crippen LogP contribution in [0.25, 0.3) is 0 Å².